The first-order chi connectivity index (χ1) is 18.4. The lowest BCUT2D eigenvalue weighted by Gasteiger charge is -2.25. The van der Waals surface area contributed by atoms with Crippen LogP contribution in [0.3, 0.4) is 0 Å². The monoisotopic (exact) mass is 515 g/mol. The second-order valence-electron chi connectivity index (χ2n) is 9.38. The van der Waals surface area contributed by atoms with Crippen molar-refractivity contribution in [2.24, 2.45) is 0 Å². The summed E-state index contributed by atoms with van der Waals surface area (Å²) in [6.45, 7) is 4.99. The van der Waals surface area contributed by atoms with E-state index in [0.717, 1.165) is 5.56 Å². The summed E-state index contributed by atoms with van der Waals surface area (Å²) in [5.41, 5.74) is 2.20. The quantitative estimate of drug-likeness (QED) is 0.157. The van der Waals surface area contributed by atoms with Gasteiger partial charge in [0.25, 0.3) is 11.7 Å². The maximum Gasteiger partial charge on any atom is 0.295 e. The molecular weight excluding hydrogens is 482 g/mol. The van der Waals surface area contributed by atoms with Gasteiger partial charge in [-0.2, -0.15) is 0 Å². The van der Waals surface area contributed by atoms with Crippen LogP contribution in [0.5, 0.6) is 11.5 Å². The van der Waals surface area contributed by atoms with Crippen LogP contribution in [-0.4, -0.2) is 48.1 Å². The molecule has 1 atom stereocenters. The van der Waals surface area contributed by atoms with E-state index in [-0.39, 0.29) is 17.4 Å². The summed E-state index contributed by atoms with van der Waals surface area (Å²) in [5.74, 6) is -0.375. The number of ketones is 1. The fourth-order valence-corrected chi connectivity index (χ4v) is 4.47. The highest BCUT2D eigenvalue weighted by atomic mass is 16.5. The van der Waals surface area contributed by atoms with Gasteiger partial charge in [-0.25, -0.2) is 0 Å². The van der Waals surface area contributed by atoms with Crippen molar-refractivity contribution in [3.63, 3.8) is 0 Å². The number of carbonyl (C=O) groups excluding carboxylic acids is 2. The van der Waals surface area contributed by atoms with Crippen molar-refractivity contribution >= 4 is 17.4 Å². The van der Waals surface area contributed by atoms with Gasteiger partial charge < -0.3 is 24.2 Å². The third kappa shape index (κ3) is 6.23. The first kappa shape index (κ1) is 26.9. The van der Waals surface area contributed by atoms with E-state index in [4.69, 9.17) is 14.2 Å². The number of carbonyl (C=O) groups is 2. The van der Waals surface area contributed by atoms with Crippen LogP contribution in [0.1, 0.15) is 43.0 Å². The van der Waals surface area contributed by atoms with Crippen LogP contribution in [0.4, 0.5) is 0 Å². The number of amides is 1. The van der Waals surface area contributed by atoms with Crippen LogP contribution < -0.4 is 9.47 Å². The minimum Gasteiger partial charge on any atom is -0.507 e. The largest absolute Gasteiger partial charge is 0.507 e. The fourth-order valence-electron chi connectivity index (χ4n) is 4.47. The Hall–Kier alpha value is -4.10. The van der Waals surface area contributed by atoms with E-state index in [1.807, 2.05) is 68.4 Å². The number of likely N-dealkylation sites (tertiary alicyclic amines) is 1. The molecule has 1 aliphatic heterocycles. The van der Waals surface area contributed by atoms with Gasteiger partial charge in [0.05, 0.1) is 17.7 Å². The minimum absolute atomic E-state index is 0.0482. The third-order valence-corrected chi connectivity index (χ3v) is 6.21. The van der Waals surface area contributed by atoms with E-state index in [1.54, 1.807) is 31.4 Å². The fraction of sp³-hybridized carbons (Fsp3) is 0.290. The molecule has 1 fully saturated rings. The maximum atomic E-state index is 13.2. The number of aliphatic hydroxyl groups excluding tert-OH is 1. The molecule has 1 aliphatic rings. The number of methoxy groups -OCH3 is 1. The van der Waals surface area contributed by atoms with Gasteiger partial charge in [-0.1, -0.05) is 54.6 Å². The van der Waals surface area contributed by atoms with Crippen molar-refractivity contribution in [2.45, 2.75) is 39.0 Å². The molecule has 1 saturated heterocycles. The topological polar surface area (TPSA) is 85.3 Å². The molecule has 198 valence electrons. The Balaban J connectivity index is 1.68. The number of aliphatic hydroxyl groups is 1. The number of Topliss-reactive ketones (excluding diaryl/α,β-unsaturated/α-hetero) is 1. The number of benzene rings is 3. The van der Waals surface area contributed by atoms with E-state index in [2.05, 4.69) is 0 Å². The second kappa shape index (κ2) is 12.4. The highest BCUT2D eigenvalue weighted by Gasteiger charge is 2.45. The zero-order valence-electron chi connectivity index (χ0n) is 21.9. The number of nitrogens with zero attached hydrogens (tertiary/aromatic N) is 1. The van der Waals surface area contributed by atoms with Crippen LogP contribution in [0.2, 0.25) is 0 Å². The molecule has 38 heavy (non-hydrogen) atoms. The van der Waals surface area contributed by atoms with Crippen molar-refractivity contribution in [1.82, 2.24) is 4.90 Å². The molecule has 0 aromatic heterocycles. The number of rotatable bonds is 11. The summed E-state index contributed by atoms with van der Waals surface area (Å²) in [5, 5.41) is 11.3. The molecule has 0 bridgehead atoms. The Kier molecular flexibility index (Phi) is 8.81. The number of ether oxygens (including phenoxy) is 3. The minimum atomic E-state index is -0.746. The van der Waals surface area contributed by atoms with Gasteiger partial charge in [-0.15, -0.1) is 0 Å². The van der Waals surface area contributed by atoms with E-state index < -0.39 is 17.7 Å². The summed E-state index contributed by atoms with van der Waals surface area (Å²) in [4.78, 5) is 27.8. The molecule has 4 rings (SSSR count). The van der Waals surface area contributed by atoms with Crippen LogP contribution in [0.25, 0.3) is 5.76 Å². The Bertz CT molecular complexity index is 1280. The molecule has 1 amide bonds. The predicted molar refractivity (Wildman–Crippen MR) is 145 cm³/mol. The molecule has 0 radical (unpaired) electrons. The molecule has 0 spiro atoms. The highest BCUT2D eigenvalue weighted by Crippen LogP contribution is 2.40. The van der Waals surface area contributed by atoms with Crippen LogP contribution in [-0.2, 0) is 20.9 Å². The molecule has 7 heteroatoms. The van der Waals surface area contributed by atoms with Crippen LogP contribution in [0, 0.1) is 0 Å². The average molecular weight is 516 g/mol. The summed E-state index contributed by atoms with van der Waals surface area (Å²) in [6.07, 6.45) is 0.497. The van der Waals surface area contributed by atoms with Crippen LogP contribution in [0.15, 0.2) is 84.4 Å². The van der Waals surface area contributed by atoms with Crippen molar-refractivity contribution in [3.8, 4) is 11.5 Å². The van der Waals surface area contributed by atoms with Gasteiger partial charge in [0.15, 0.2) is 0 Å². The second-order valence-corrected chi connectivity index (χ2v) is 9.38. The summed E-state index contributed by atoms with van der Waals surface area (Å²) in [7, 11) is 1.59. The number of hydrogen-bond acceptors (Lipinski definition) is 6. The molecular formula is C31H33NO6. The normalized spacial score (nSPS) is 16.7. The molecule has 7 nitrogen and oxygen atoms in total. The smallest absolute Gasteiger partial charge is 0.295 e. The zero-order chi connectivity index (χ0) is 27.1. The zero-order valence-corrected chi connectivity index (χ0v) is 21.9. The Morgan fingerprint density at radius 3 is 2.37 bits per heavy atom. The van der Waals surface area contributed by atoms with E-state index >= 15 is 0 Å². The molecule has 1 heterocycles. The lowest BCUT2D eigenvalue weighted by molar-refractivity contribution is -0.140. The molecule has 0 aliphatic carbocycles. The number of hydrogen-bond donors (Lipinski definition) is 1. The van der Waals surface area contributed by atoms with Crippen LogP contribution >= 0.6 is 0 Å². The Labute approximate surface area is 223 Å². The SMILES string of the molecule is COCCCN1C(=O)C(=O)/C(=C(\O)c2cccc(OC(C)C)c2)C1c1ccc(OCc2ccccc2)cc1. The first-order valence-electron chi connectivity index (χ1n) is 12.7. The van der Waals surface area contributed by atoms with Crippen molar-refractivity contribution in [3.05, 3.63) is 101 Å². The Morgan fingerprint density at radius 1 is 0.947 bits per heavy atom. The third-order valence-electron chi connectivity index (χ3n) is 6.21. The molecule has 1 N–H and O–H groups in total. The molecule has 3 aromatic rings. The first-order valence-corrected chi connectivity index (χ1v) is 12.7. The summed E-state index contributed by atoms with van der Waals surface area (Å²) >= 11 is 0. The van der Waals surface area contributed by atoms with E-state index in [1.165, 1.54) is 4.90 Å². The molecule has 1 unspecified atom stereocenters. The maximum absolute atomic E-state index is 13.2. The standard InChI is InChI=1S/C31H33NO6/c1-21(2)38-26-12-7-11-24(19-26)29(33)27-28(32(17-8-18-36-3)31(35)30(27)34)23-13-15-25(16-14-23)37-20-22-9-5-4-6-10-22/h4-7,9-16,19,21,28,33H,8,17-18,20H2,1-3H3/b29-27-. The lowest BCUT2D eigenvalue weighted by Crippen LogP contribution is -2.31. The summed E-state index contributed by atoms with van der Waals surface area (Å²) in [6, 6.07) is 23.3. The Morgan fingerprint density at radius 2 is 1.68 bits per heavy atom. The van der Waals surface area contributed by atoms with Gasteiger partial charge in [-0.3, -0.25) is 9.59 Å². The summed E-state index contributed by atoms with van der Waals surface area (Å²) < 4.78 is 16.8. The van der Waals surface area contributed by atoms with Crippen molar-refractivity contribution in [1.29, 1.82) is 0 Å². The predicted octanol–water partition coefficient (Wildman–Crippen LogP) is 5.51. The van der Waals surface area contributed by atoms with Crippen molar-refractivity contribution < 1.29 is 28.9 Å². The van der Waals surface area contributed by atoms with Gasteiger partial charge >= 0.3 is 0 Å². The average Bonchev–Trinajstić information content (AvgIpc) is 3.17. The van der Waals surface area contributed by atoms with E-state index in [9.17, 15) is 14.7 Å². The van der Waals surface area contributed by atoms with Gasteiger partial charge in [0.1, 0.15) is 23.9 Å². The van der Waals surface area contributed by atoms with Crippen molar-refractivity contribution in [2.75, 3.05) is 20.3 Å². The van der Waals surface area contributed by atoms with Gasteiger partial charge in [0.2, 0.25) is 0 Å². The van der Waals surface area contributed by atoms with Gasteiger partial charge in [-0.05, 0) is 55.7 Å². The van der Waals surface area contributed by atoms with E-state index in [0.29, 0.717) is 48.8 Å². The van der Waals surface area contributed by atoms with Gasteiger partial charge in [0, 0.05) is 25.8 Å². The lowest BCUT2D eigenvalue weighted by atomic mass is 9.95. The molecule has 0 saturated carbocycles. The highest BCUT2D eigenvalue weighted by molar-refractivity contribution is 6.46. The molecule has 3 aromatic carbocycles.